The summed E-state index contributed by atoms with van der Waals surface area (Å²) in [6, 6.07) is 14.5. The molecular formula is C29H36N8O4S. The molecule has 3 heterocycles. The molecule has 5 rings (SSSR count). The molecule has 13 heteroatoms. The second kappa shape index (κ2) is 12.8. The van der Waals surface area contributed by atoms with Crippen LogP contribution < -0.4 is 21.0 Å². The number of ether oxygens (including phenoxy) is 1. The van der Waals surface area contributed by atoms with Crippen molar-refractivity contribution in [2.45, 2.75) is 23.8 Å². The lowest BCUT2D eigenvalue weighted by molar-refractivity contribution is 0.102. The number of piperidine rings is 1. The van der Waals surface area contributed by atoms with Gasteiger partial charge in [-0.05, 0) is 61.4 Å². The van der Waals surface area contributed by atoms with Crippen molar-refractivity contribution in [3.05, 3.63) is 67.5 Å². The Morgan fingerprint density at radius 1 is 1.19 bits per heavy atom. The van der Waals surface area contributed by atoms with Gasteiger partial charge < -0.3 is 30.7 Å². The van der Waals surface area contributed by atoms with Crippen LogP contribution in [0.3, 0.4) is 0 Å². The number of aliphatic hydroxyl groups is 1. The maximum absolute atomic E-state index is 12.5. The molecule has 0 aliphatic carbocycles. The minimum atomic E-state index is -3.44. The van der Waals surface area contributed by atoms with E-state index in [-0.39, 0.29) is 4.90 Å². The normalized spacial score (nSPS) is 18.0. The lowest BCUT2D eigenvalue weighted by Gasteiger charge is -2.31. The van der Waals surface area contributed by atoms with E-state index in [1.165, 1.54) is 6.26 Å². The Bertz CT molecular complexity index is 1540. The Kier molecular flexibility index (Phi) is 8.90. The molecule has 222 valence electrons. The van der Waals surface area contributed by atoms with Crippen molar-refractivity contribution in [3.8, 4) is 11.3 Å². The summed E-state index contributed by atoms with van der Waals surface area (Å²) in [5, 5.41) is 19.2. The number of likely N-dealkylation sites (tertiary alicyclic amines) is 1. The van der Waals surface area contributed by atoms with Crippen LogP contribution in [0, 0.1) is 0 Å². The van der Waals surface area contributed by atoms with E-state index in [0.29, 0.717) is 56.0 Å². The SMILES string of the molecule is C=CN(/N=C(\N)N1CCCC(O)C1)c1ccc(Nc2nccc(-c3cc(N4CCOCC4)cc(S(C)(=O)=O)c3)n2)cc1. The largest absolute Gasteiger partial charge is 0.391 e. The molecule has 2 saturated heterocycles. The zero-order chi connectivity index (χ0) is 29.7. The molecule has 0 amide bonds. The fourth-order valence-corrected chi connectivity index (χ4v) is 5.57. The van der Waals surface area contributed by atoms with Crippen LogP contribution in [0.15, 0.2) is 77.5 Å². The average Bonchev–Trinajstić information content (AvgIpc) is 3.00. The van der Waals surface area contributed by atoms with Gasteiger partial charge in [0.2, 0.25) is 11.9 Å². The van der Waals surface area contributed by atoms with E-state index in [4.69, 9.17) is 10.5 Å². The molecule has 3 aromatic rings. The summed E-state index contributed by atoms with van der Waals surface area (Å²) in [5.74, 6) is 0.683. The first-order chi connectivity index (χ1) is 20.2. The van der Waals surface area contributed by atoms with Crippen LogP contribution in [0.2, 0.25) is 0 Å². The van der Waals surface area contributed by atoms with E-state index >= 15 is 0 Å². The number of nitrogens with zero attached hydrogens (tertiary/aromatic N) is 6. The molecule has 2 aromatic carbocycles. The van der Waals surface area contributed by atoms with Crippen LogP contribution >= 0.6 is 0 Å². The van der Waals surface area contributed by atoms with Crippen molar-refractivity contribution in [1.29, 1.82) is 0 Å². The third-order valence-corrected chi connectivity index (χ3v) is 8.23. The zero-order valence-electron chi connectivity index (χ0n) is 23.6. The molecule has 12 nitrogen and oxygen atoms in total. The van der Waals surface area contributed by atoms with E-state index in [2.05, 4.69) is 31.9 Å². The van der Waals surface area contributed by atoms with Gasteiger partial charge in [-0.25, -0.2) is 23.4 Å². The summed E-state index contributed by atoms with van der Waals surface area (Å²) in [7, 11) is -3.44. The van der Waals surface area contributed by atoms with Gasteiger partial charge in [0, 0.05) is 61.8 Å². The first kappa shape index (κ1) is 29.3. The number of guanidine groups is 1. The highest BCUT2D eigenvalue weighted by Crippen LogP contribution is 2.30. The Morgan fingerprint density at radius 2 is 1.95 bits per heavy atom. The molecule has 4 N–H and O–H groups in total. The van der Waals surface area contributed by atoms with Crippen molar-refractivity contribution in [2.75, 3.05) is 60.9 Å². The third kappa shape index (κ3) is 7.16. The van der Waals surface area contributed by atoms with Crippen molar-refractivity contribution in [2.24, 2.45) is 10.8 Å². The summed E-state index contributed by atoms with van der Waals surface area (Å²) in [5.41, 5.74) is 9.79. The van der Waals surface area contributed by atoms with Crippen LogP contribution in [0.5, 0.6) is 0 Å². The molecule has 42 heavy (non-hydrogen) atoms. The Balaban J connectivity index is 1.34. The summed E-state index contributed by atoms with van der Waals surface area (Å²) >= 11 is 0. The van der Waals surface area contributed by atoms with E-state index in [0.717, 1.165) is 36.4 Å². The van der Waals surface area contributed by atoms with Gasteiger partial charge in [0.05, 0.1) is 35.6 Å². The molecule has 1 unspecified atom stereocenters. The quantitative estimate of drug-likeness (QED) is 0.201. The number of nitrogens with two attached hydrogens (primary N) is 1. The standard InChI is InChI=1S/C29H36N8O4S/c1-3-37(34-28(30)36-12-4-5-25(38)20-36)23-8-6-22(7-9-23)32-29-31-11-10-27(33-29)21-17-24(35-13-15-41-16-14-35)19-26(18-21)42(2,39)40/h3,6-11,17-19,25,38H,1,4-5,12-16,20H2,2H3,(H2,30,34)(H,31,32,33). The summed E-state index contributed by atoms with van der Waals surface area (Å²) in [6.07, 6.45) is 5.61. The Labute approximate surface area is 246 Å². The number of rotatable bonds is 8. The first-order valence-corrected chi connectivity index (χ1v) is 15.7. The van der Waals surface area contributed by atoms with Gasteiger partial charge in [-0.3, -0.25) is 0 Å². The van der Waals surface area contributed by atoms with Gasteiger partial charge in [0.25, 0.3) is 0 Å². The van der Waals surface area contributed by atoms with Crippen LogP contribution in [0.1, 0.15) is 12.8 Å². The van der Waals surface area contributed by atoms with Gasteiger partial charge >= 0.3 is 0 Å². The topological polar surface area (TPSA) is 150 Å². The highest BCUT2D eigenvalue weighted by Gasteiger charge is 2.20. The van der Waals surface area contributed by atoms with E-state index < -0.39 is 15.9 Å². The first-order valence-electron chi connectivity index (χ1n) is 13.8. The van der Waals surface area contributed by atoms with Crippen LogP contribution in [0.4, 0.5) is 23.0 Å². The predicted molar refractivity (Wildman–Crippen MR) is 164 cm³/mol. The number of benzene rings is 2. The van der Waals surface area contributed by atoms with Crippen LogP contribution in [-0.2, 0) is 14.6 Å². The minimum Gasteiger partial charge on any atom is -0.391 e. The number of aliphatic hydroxyl groups excluding tert-OH is 1. The highest BCUT2D eigenvalue weighted by molar-refractivity contribution is 7.90. The molecule has 0 spiro atoms. The maximum Gasteiger partial charge on any atom is 0.227 e. The zero-order valence-corrected chi connectivity index (χ0v) is 24.4. The average molecular weight is 593 g/mol. The fourth-order valence-electron chi connectivity index (χ4n) is 4.90. The lowest BCUT2D eigenvalue weighted by Crippen LogP contribution is -2.46. The maximum atomic E-state index is 12.5. The van der Waals surface area contributed by atoms with Crippen molar-refractivity contribution < 1.29 is 18.3 Å². The van der Waals surface area contributed by atoms with Gasteiger partial charge in [0.1, 0.15) is 0 Å². The van der Waals surface area contributed by atoms with E-state index in [9.17, 15) is 13.5 Å². The van der Waals surface area contributed by atoms with Crippen molar-refractivity contribution in [1.82, 2.24) is 14.9 Å². The molecule has 2 fully saturated rings. The van der Waals surface area contributed by atoms with Crippen LogP contribution in [0.25, 0.3) is 11.3 Å². The fraction of sp³-hybridized carbons (Fsp3) is 0.345. The number of sulfone groups is 1. The van der Waals surface area contributed by atoms with Crippen LogP contribution in [-0.4, -0.2) is 86.1 Å². The molecule has 0 radical (unpaired) electrons. The number of hydrogen-bond acceptors (Lipinski definition) is 10. The molecule has 2 aliphatic rings. The predicted octanol–water partition coefficient (Wildman–Crippen LogP) is 2.76. The number of hydrazone groups is 1. The molecular weight excluding hydrogens is 556 g/mol. The number of nitrogens with one attached hydrogen (secondary N) is 1. The van der Waals surface area contributed by atoms with Gasteiger partial charge in [-0.2, -0.15) is 0 Å². The molecule has 1 aromatic heterocycles. The highest BCUT2D eigenvalue weighted by atomic mass is 32.2. The number of β-amino-alcohol motifs (C(OH)–C–C–N with tert-alkyl or cyclic N) is 1. The minimum absolute atomic E-state index is 0.233. The third-order valence-electron chi connectivity index (χ3n) is 7.14. The number of morpholine rings is 1. The second-order valence-corrected chi connectivity index (χ2v) is 12.3. The van der Waals surface area contributed by atoms with Crippen molar-refractivity contribution >= 4 is 38.8 Å². The second-order valence-electron chi connectivity index (χ2n) is 10.3. The van der Waals surface area contributed by atoms with Gasteiger partial charge in [-0.1, -0.05) is 6.58 Å². The monoisotopic (exact) mass is 592 g/mol. The Hall–Kier alpha value is -4.20. The van der Waals surface area contributed by atoms with Gasteiger partial charge in [0.15, 0.2) is 9.84 Å². The summed E-state index contributed by atoms with van der Waals surface area (Å²) < 4.78 is 30.4. The molecule has 0 bridgehead atoms. The lowest BCUT2D eigenvalue weighted by atomic mass is 10.1. The summed E-state index contributed by atoms with van der Waals surface area (Å²) in [4.78, 5) is 13.2. The van der Waals surface area contributed by atoms with Crippen molar-refractivity contribution in [3.63, 3.8) is 0 Å². The number of aromatic nitrogens is 2. The van der Waals surface area contributed by atoms with E-state index in [1.54, 1.807) is 35.6 Å². The Morgan fingerprint density at radius 3 is 2.64 bits per heavy atom. The smallest absolute Gasteiger partial charge is 0.227 e. The molecule has 2 aliphatic heterocycles. The number of anilines is 4. The summed E-state index contributed by atoms with van der Waals surface area (Å²) in [6.45, 7) is 7.59. The molecule has 1 atom stereocenters. The number of hydrogen-bond donors (Lipinski definition) is 3. The van der Waals surface area contributed by atoms with E-state index in [1.807, 2.05) is 35.2 Å². The molecule has 0 saturated carbocycles. The van der Waals surface area contributed by atoms with Gasteiger partial charge in [-0.15, -0.1) is 5.10 Å².